The molecule has 37 heavy (non-hydrogen) atoms. The molecule has 0 radical (unpaired) electrons. The molecule has 2 heterocycles. The first-order valence-electron chi connectivity index (χ1n) is 11.1. The van der Waals surface area contributed by atoms with Gasteiger partial charge in [-0.3, -0.25) is 8.98 Å². The van der Waals surface area contributed by atoms with Gasteiger partial charge in [-0.2, -0.15) is 8.42 Å². The normalized spacial score (nSPS) is 20.5. The number of anilines is 1. The summed E-state index contributed by atoms with van der Waals surface area (Å²) in [7, 11) is -2.62. The number of nitrogens with zero attached hydrogens (tertiary/aromatic N) is 2. The van der Waals surface area contributed by atoms with Gasteiger partial charge in [0.25, 0.3) is 0 Å². The number of carbonyl (C=O) groups is 1. The van der Waals surface area contributed by atoms with Crippen LogP contribution < -0.4 is 15.2 Å². The fraction of sp³-hybridized carbons (Fsp3) is 0.348. The maximum absolute atomic E-state index is 13.4. The number of carbonyl (C=O) groups excluding carboxylic acids is 1. The number of halogens is 1. The van der Waals surface area contributed by atoms with E-state index in [1.165, 1.54) is 25.7 Å². The van der Waals surface area contributed by atoms with Crippen molar-refractivity contribution in [2.75, 3.05) is 19.0 Å². The number of nitrogens with one attached hydrogen (secondary N) is 1. The predicted molar refractivity (Wildman–Crippen MR) is 137 cm³/mol. The van der Waals surface area contributed by atoms with Crippen molar-refractivity contribution in [2.24, 2.45) is 11.1 Å². The number of ketones is 1. The highest BCUT2D eigenvalue weighted by molar-refractivity contribution is 7.84. The van der Waals surface area contributed by atoms with Gasteiger partial charge in [0.2, 0.25) is 5.78 Å². The van der Waals surface area contributed by atoms with Crippen LogP contribution in [0.4, 0.5) is 5.82 Å². The number of thiophene rings is 1. The number of methoxy groups -OCH3 is 1. The Balaban J connectivity index is 1.52. The van der Waals surface area contributed by atoms with E-state index in [0.717, 1.165) is 11.3 Å². The summed E-state index contributed by atoms with van der Waals surface area (Å²) in [6.07, 6.45) is 1.38. The molecule has 0 bridgehead atoms. The lowest BCUT2D eigenvalue weighted by atomic mass is 10.0. The van der Waals surface area contributed by atoms with E-state index in [2.05, 4.69) is 19.5 Å². The van der Waals surface area contributed by atoms with Crippen LogP contribution in [0.15, 0.2) is 42.9 Å². The van der Waals surface area contributed by atoms with Gasteiger partial charge in [0.05, 0.1) is 34.6 Å². The first-order chi connectivity index (χ1) is 17.6. The largest absolute Gasteiger partial charge is 0.496 e. The summed E-state index contributed by atoms with van der Waals surface area (Å²) in [5, 5.41) is 29.3. The summed E-state index contributed by atoms with van der Waals surface area (Å²) in [6, 6.07) is 8.20. The fourth-order valence-electron chi connectivity index (χ4n) is 4.26. The molecule has 1 aliphatic carbocycles. The Morgan fingerprint density at radius 3 is 2.81 bits per heavy atom. The highest BCUT2D eigenvalue weighted by Crippen LogP contribution is 2.39. The molecule has 1 saturated carbocycles. The van der Waals surface area contributed by atoms with Crippen molar-refractivity contribution in [3.63, 3.8) is 0 Å². The average Bonchev–Trinajstić information content (AvgIpc) is 3.43. The van der Waals surface area contributed by atoms with E-state index in [1.54, 1.807) is 24.3 Å². The van der Waals surface area contributed by atoms with E-state index in [0.29, 0.717) is 23.3 Å². The van der Waals surface area contributed by atoms with Gasteiger partial charge in [-0.15, -0.1) is 11.3 Å². The van der Waals surface area contributed by atoms with Crippen molar-refractivity contribution in [2.45, 2.75) is 31.1 Å². The summed E-state index contributed by atoms with van der Waals surface area (Å²) in [6.45, 7) is -0.251. The van der Waals surface area contributed by atoms with E-state index in [4.69, 9.17) is 21.5 Å². The van der Waals surface area contributed by atoms with E-state index in [9.17, 15) is 23.4 Å². The monoisotopic (exact) mass is 568 g/mol. The van der Waals surface area contributed by atoms with E-state index >= 15 is 0 Å². The molecule has 0 spiro atoms. The quantitative estimate of drug-likeness (QED) is 0.266. The SMILES string of the molecule is COc1ccccc1[C@@H](O)c1cc(C(=O)c2cncnc2N[C@@H]2C[C@H](COS(N)(=O)=O)[C@@H](O)C2)sc1Cl. The van der Waals surface area contributed by atoms with Crippen LogP contribution >= 0.6 is 22.9 Å². The van der Waals surface area contributed by atoms with Crippen molar-refractivity contribution in [1.82, 2.24) is 9.97 Å². The molecule has 0 aliphatic heterocycles. The van der Waals surface area contributed by atoms with Crippen LogP contribution in [-0.2, 0) is 14.5 Å². The van der Waals surface area contributed by atoms with Gasteiger partial charge >= 0.3 is 10.3 Å². The smallest absolute Gasteiger partial charge is 0.333 e. The predicted octanol–water partition coefficient (Wildman–Crippen LogP) is 2.28. The van der Waals surface area contributed by atoms with Gasteiger partial charge in [-0.05, 0) is 25.0 Å². The Labute approximate surface area is 222 Å². The number of para-hydroxylation sites is 1. The average molecular weight is 569 g/mol. The molecular formula is C23H25ClN4O7S2. The van der Waals surface area contributed by atoms with Crippen molar-refractivity contribution in [1.29, 1.82) is 0 Å². The van der Waals surface area contributed by atoms with E-state index in [-0.39, 0.29) is 39.7 Å². The lowest BCUT2D eigenvalue weighted by molar-refractivity contribution is 0.101. The summed E-state index contributed by atoms with van der Waals surface area (Å²) in [5.41, 5.74) is 1.05. The lowest BCUT2D eigenvalue weighted by Crippen LogP contribution is -2.24. The molecule has 14 heteroatoms. The molecule has 0 unspecified atom stereocenters. The van der Waals surface area contributed by atoms with Gasteiger partial charge in [0.1, 0.15) is 24.0 Å². The molecule has 0 amide bonds. The Kier molecular flexibility index (Phi) is 8.43. The van der Waals surface area contributed by atoms with Crippen LogP contribution in [-0.4, -0.2) is 60.2 Å². The van der Waals surface area contributed by atoms with Gasteiger partial charge in [0.15, 0.2) is 0 Å². The summed E-state index contributed by atoms with van der Waals surface area (Å²) in [5.74, 6) is -0.130. The minimum absolute atomic E-state index is 0.178. The summed E-state index contributed by atoms with van der Waals surface area (Å²) >= 11 is 7.44. The summed E-state index contributed by atoms with van der Waals surface area (Å²) in [4.78, 5) is 21.8. The third-order valence-electron chi connectivity index (χ3n) is 6.07. The molecular weight excluding hydrogens is 544 g/mol. The Hall–Kier alpha value is -2.65. The zero-order valence-electron chi connectivity index (χ0n) is 19.6. The minimum Gasteiger partial charge on any atom is -0.496 e. The molecule has 1 aromatic carbocycles. The van der Waals surface area contributed by atoms with E-state index < -0.39 is 34.2 Å². The van der Waals surface area contributed by atoms with Gasteiger partial charge in [-0.1, -0.05) is 29.8 Å². The second kappa shape index (κ2) is 11.4. The van der Waals surface area contributed by atoms with Crippen LogP contribution in [0.3, 0.4) is 0 Å². The Morgan fingerprint density at radius 2 is 2.08 bits per heavy atom. The van der Waals surface area contributed by atoms with Gasteiger partial charge in [-0.25, -0.2) is 15.1 Å². The molecule has 4 rings (SSSR count). The number of benzene rings is 1. The van der Waals surface area contributed by atoms with Crippen LogP contribution in [0.5, 0.6) is 5.75 Å². The highest BCUT2D eigenvalue weighted by atomic mass is 35.5. The van der Waals surface area contributed by atoms with Crippen LogP contribution in [0.25, 0.3) is 0 Å². The third-order valence-corrected chi connectivity index (χ3v) is 7.92. The molecule has 1 aliphatic rings. The topological polar surface area (TPSA) is 174 Å². The van der Waals surface area contributed by atoms with Crippen molar-refractivity contribution in [3.8, 4) is 5.75 Å². The number of ether oxygens (including phenoxy) is 1. The van der Waals surface area contributed by atoms with Crippen molar-refractivity contribution < 1.29 is 32.3 Å². The molecule has 5 N–H and O–H groups in total. The molecule has 11 nitrogen and oxygen atoms in total. The van der Waals surface area contributed by atoms with Crippen molar-refractivity contribution in [3.05, 3.63) is 68.8 Å². The maximum Gasteiger partial charge on any atom is 0.333 e. The molecule has 198 valence electrons. The van der Waals surface area contributed by atoms with Crippen LogP contribution in [0, 0.1) is 5.92 Å². The van der Waals surface area contributed by atoms with Crippen LogP contribution in [0.2, 0.25) is 4.34 Å². The Bertz CT molecular complexity index is 1380. The number of rotatable bonds is 10. The minimum atomic E-state index is -4.12. The number of hydrogen-bond acceptors (Lipinski definition) is 11. The number of aromatic nitrogens is 2. The number of aliphatic hydroxyl groups excluding tert-OH is 2. The molecule has 1 fully saturated rings. The Morgan fingerprint density at radius 1 is 1.32 bits per heavy atom. The first-order valence-corrected chi connectivity index (χ1v) is 13.8. The highest BCUT2D eigenvalue weighted by Gasteiger charge is 2.35. The van der Waals surface area contributed by atoms with Gasteiger partial charge < -0.3 is 20.3 Å². The zero-order valence-corrected chi connectivity index (χ0v) is 22.0. The molecule has 4 atom stereocenters. The standard InChI is InChI=1S/C23H25ClN4O7S2/c1-34-18-5-3-2-4-14(18)20(30)15-8-19(36-22(15)24)21(31)16-9-26-11-27-23(16)28-13-6-12(17(29)7-13)10-35-37(25,32)33/h2-5,8-9,11-13,17,20,29-30H,6-7,10H2,1H3,(H2,25,32,33)(H,26,27,28)/t12-,13-,17+,20-/m1/s1. The second-order valence-electron chi connectivity index (χ2n) is 8.52. The van der Waals surface area contributed by atoms with Gasteiger partial charge in [0, 0.05) is 29.3 Å². The zero-order chi connectivity index (χ0) is 26.7. The third kappa shape index (κ3) is 6.44. The van der Waals surface area contributed by atoms with E-state index in [1.807, 2.05) is 0 Å². The fourth-order valence-corrected chi connectivity index (χ4v) is 5.90. The second-order valence-corrected chi connectivity index (χ2v) is 11.4. The number of nitrogens with two attached hydrogens (primary N) is 1. The maximum atomic E-state index is 13.4. The first kappa shape index (κ1) is 27.4. The molecule has 0 saturated heterocycles. The van der Waals surface area contributed by atoms with Crippen molar-refractivity contribution >= 4 is 44.8 Å². The molecule has 2 aromatic heterocycles. The molecule has 3 aromatic rings. The lowest BCUT2D eigenvalue weighted by Gasteiger charge is -2.15. The summed E-state index contributed by atoms with van der Waals surface area (Å²) < 4.78 is 32.4. The number of hydrogen-bond donors (Lipinski definition) is 4. The van der Waals surface area contributed by atoms with Crippen LogP contribution in [0.1, 0.15) is 45.3 Å². The number of aliphatic hydroxyl groups is 2.